The van der Waals surface area contributed by atoms with Gasteiger partial charge in [0.25, 0.3) is 5.91 Å². The van der Waals surface area contributed by atoms with E-state index in [4.69, 9.17) is 9.52 Å². The minimum atomic E-state index is -0.411. The van der Waals surface area contributed by atoms with Crippen molar-refractivity contribution in [1.82, 2.24) is 5.32 Å². The summed E-state index contributed by atoms with van der Waals surface area (Å²) in [7, 11) is 0. The zero-order valence-corrected chi connectivity index (χ0v) is 10.2. The molecule has 1 aromatic carbocycles. The standard InChI is InChI=1S/C13H14FNO3/c1-7(6-16)15-13(17)12-8(2)10-5-9(14)3-4-11(10)18-12/h3-5,7,16H,6H2,1-2H3,(H,15,17)/t7-/m1/s1. The summed E-state index contributed by atoms with van der Waals surface area (Å²) < 4.78 is 18.5. The van der Waals surface area contributed by atoms with Crippen LogP contribution in [-0.4, -0.2) is 23.7 Å². The maximum Gasteiger partial charge on any atom is 0.287 e. The number of halogens is 1. The molecule has 1 atom stereocenters. The van der Waals surface area contributed by atoms with Gasteiger partial charge in [0.2, 0.25) is 0 Å². The lowest BCUT2D eigenvalue weighted by Crippen LogP contribution is -2.35. The summed E-state index contributed by atoms with van der Waals surface area (Å²) in [5.74, 6) is -0.636. The van der Waals surface area contributed by atoms with Crippen LogP contribution in [0.4, 0.5) is 4.39 Å². The molecule has 1 aromatic heterocycles. The normalized spacial score (nSPS) is 12.7. The van der Waals surface area contributed by atoms with Gasteiger partial charge in [-0.05, 0) is 32.0 Å². The molecule has 2 aromatic rings. The molecule has 0 radical (unpaired) electrons. The van der Waals surface area contributed by atoms with Gasteiger partial charge in [0.05, 0.1) is 6.61 Å². The summed E-state index contributed by atoms with van der Waals surface area (Å²) in [4.78, 5) is 11.9. The molecule has 1 heterocycles. The third-order valence-electron chi connectivity index (χ3n) is 2.76. The van der Waals surface area contributed by atoms with Gasteiger partial charge in [0.1, 0.15) is 11.4 Å². The first-order chi connectivity index (χ1) is 8.52. The molecule has 5 heteroatoms. The summed E-state index contributed by atoms with van der Waals surface area (Å²) in [6, 6.07) is 3.75. The minimum absolute atomic E-state index is 0.149. The number of hydrogen-bond acceptors (Lipinski definition) is 3. The summed E-state index contributed by atoms with van der Waals surface area (Å²) in [5, 5.41) is 12.0. The Bertz CT molecular complexity index is 591. The number of aliphatic hydroxyl groups excluding tert-OH is 1. The number of benzene rings is 1. The summed E-state index contributed by atoms with van der Waals surface area (Å²) >= 11 is 0. The number of furan rings is 1. The topological polar surface area (TPSA) is 62.5 Å². The predicted molar refractivity (Wildman–Crippen MR) is 64.9 cm³/mol. The van der Waals surface area contributed by atoms with Crippen LogP contribution in [0.3, 0.4) is 0 Å². The molecule has 0 aliphatic rings. The number of aliphatic hydroxyl groups is 1. The summed E-state index contributed by atoms with van der Waals surface area (Å²) in [5.41, 5.74) is 1.06. The first-order valence-corrected chi connectivity index (χ1v) is 5.63. The van der Waals surface area contributed by atoms with Crippen LogP contribution in [0.25, 0.3) is 11.0 Å². The van der Waals surface area contributed by atoms with Crippen molar-refractivity contribution in [2.45, 2.75) is 19.9 Å². The van der Waals surface area contributed by atoms with E-state index in [1.807, 2.05) is 0 Å². The van der Waals surface area contributed by atoms with Crippen molar-refractivity contribution in [3.8, 4) is 0 Å². The van der Waals surface area contributed by atoms with Crippen LogP contribution < -0.4 is 5.32 Å². The molecule has 1 amide bonds. The van der Waals surface area contributed by atoms with Gasteiger partial charge in [-0.15, -0.1) is 0 Å². The molecule has 4 nitrogen and oxygen atoms in total. The maximum absolute atomic E-state index is 13.1. The van der Waals surface area contributed by atoms with E-state index in [1.54, 1.807) is 13.8 Å². The molecule has 18 heavy (non-hydrogen) atoms. The molecule has 0 spiro atoms. The molecule has 96 valence electrons. The molecule has 0 bridgehead atoms. The van der Waals surface area contributed by atoms with Gasteiger partial charge in [0.15, 0.2) is 5.76 Å². The first kappa shape index (κ1) is 12.6. The van der Waals surface area contributed by atoms with Crippen LogP contribution in [-0.2, 0) is 0 Å². The van der Waals surface area contributed by atoms with E-state index in [0.29, 0.717) is 16.5 Å². The first-order valence-electron chi connectivity index (χ1n) is 5.63. The lowest BCUT2D eigenvalue weighted by molar-refractivity contribution is 0.0895. The third-order valence-corrected chi connectivity index (χ3v) is 2.76. The van der Waals surface area contributed by atoms with Crippen molar-refractivity contribution in [1.29, 1.82) is 0 Å². The van der Waals surface area contributed by atoms with Crippen molar-refractivity contribution in [2.75, 3.05) is 6.61 Å². The second-order valence-corrected chi connectivity index (χ2v) is 4.25. The van der Waals surface area contributed by atoms with Gasteiger partial charge in [0, 0.05) is 17.0 Å². The molecule has 0 saturated carbocycles. The Hall–Kier alpha value is -1.88. The Morgan fingerprint density at radius 3 is 2.94 bits per heavy atom. The van der Waals surface area contributed by atoms with Crippen LogP contribution >= 0.6 is 0 Å². The highest BCUT2D eigenvalue weighted by molar-refractivity contribution is 5.99. The van der Waals surface area contributed by atoms with E-state index in [1.165, 1.54) is 18.2 Å². The number of carbonyl (C=O) groups excluding carboxylic acids is 1. The maximum atomic E-state index is 13.1. The fourth-order valence-electron chi connectivity index (χ4n) is 1.74. The molecule has 0 aliphatic carbocycles. The average Bonchev–Trinajstić information content (AvgIpc) is 2.66. The Labute approximate surface area is 103 Å². The predicted octanol–water partition coefficient (Wildman–Crippen LogP) is 1.99. The molecule has 0 aliphatic heterocycles. The number of hydrogen-bond donors (Lipinski definition) is 2. The molecule has 0 fully saturated rings. The van der Waals surface area contributed by atoms with Gasteiger partial charge >= 0.3 is 0 Å². The Balaban J connectivity index is 2.40. The molecular formula is C13H14FNO3. The number of amides is 1. The largest absolute Gasteiger partial charge is 0.451 e. The minimum Gasteiger partial charge on any atom is -0.451 e. The smallest absolute Gasteiger partial charge is 0.287 e. The highest BCUT2D eigenvalue weighted by Gasteiger charge is 2.19. The highest BCUT2D eigenvalue weighted by atomic mass is 19.1. The van der Waals surface area contributed by atoms with Crippen molar-refractivity contribution >= 4 is 16.9 Å². The van der Waals surface area contributed by atoms with Crippen molar-refractivity contribution < 1.29 is 18.7 Å². The number of carbonyl (C=O) groups is 1. The van der Waals surface area contributed by atoms with Gasteiger partial charge < -0.3 is 14.8 Å². The van der Waals surface area contributed by atoms with Crippen LogP contribution in [0.15, 0.2) is 22.6 Å². The molecule has 2 rings (SSSR count). The number of aryl methyl sites for hydroxylation is 1. The van der Waals surface area contributed by atoms with Gasteiger partial charge in [-0.3, -0.25) is 4.79 Å². The zero-order chi connectivity index (χ0) is 13.3. The fourth-order valence-corrected chi connectivity index (χ4v) is 1.74. The highest BCUT2D eigenvalue weighted by Crippen LogP contribution is 2.25. The Morgan fingerprint density at radius 1 is 1.56 bits per heavy atom. The zero-order valence-electron chi connectivity index (χ0n) is 10.2. The lowest BCUT2D eigenvalue weighted by Gasteiger charge is -2.09. The van der Waals surface area contributed by atoms with E-state index in [0.717, 1.165) is 0 Å². The molecular weight excluding hydrogens is 237 g/mol. The lowest BCUT2D eigenvalue weighted by atomic mass is 10.1. The van der Waals surface area contributed by atoms with Crippen molar-refractivity contribution in [2.24, 2.45) is 0 Å². The van der Waals surface area contributed by atoms with E-state index < -0.39 is 5.91 Å². The van der Waals surface area contributed by atoms with Gasteiger partial charge in [-0.25, -0.2) is 4.39 Å². The van der Waals surface area contributed by atoms with E-state index >= 15 is 0 Å². The van der Waals surface area contributed by atoms with Crippen LogP contribution in [0.2, 0.25) is 0 Å². The van der Waals surface area contributed by atoms with E-state index in [2.05, 4.69) is 5.32 Å². The van der Waals surface area contributed by atoms with E-state index in [-0.39, 0.29) is 24.2 Å². The quantitative estimate of drug-likeness (QED) is 0.876. The number of rotatable bonds is 3. The van der Waals surface area contributed by atoms with E-state index in [9.17, 15) is 9.18 Å². The van der Waals surface area contributed by atoms with Gasteiger partial charge in [-0.2, -0.15) is 0 Å². The van der Waals surface area contributed by atoms with Crippen LogP contribution in [0, 0.1) is 12.7 Å². The number of nitrogens with one attached hydrogen (secondary N) is 1. The SMILES string of the molecule is Cc1c(C(=O)N[C@H](C)CO)oc2ccc(F)cc12. The second kappa shape index (κ2) is 4.78. The third kappa shape index (κ3) is 2.22. The second-order valence-electron chi connectivity index (χ2n) is 4.25. The van der Waals surface area contributed by atoms with Crippen LogP contribution in [0.5, 0.6) is 0 Å². The average molecular weight is 251 g/mol. The molecule has 0 unspecified atom stereocenters. The van der Waals surface area contributed by atoms with Gasteiger partial charge in [-0.1, -0.05) is 0 Å². The molecule has 0 saturated heterocycles. The number of fused-ring (bicyclic) bond motifs is 1. The Kier molecular flexibility index (Phi) is 3.34. The Morgan fingerprint density at radius 2 is 2.28 bits per heavy atom. The summed E-state index contributed by atoms with van der Waals surface area (Å²) in [6.45, 7) is 3.22. The molecule has 2 N–H and O–H groups in total. The monoisotopic (exact) mass is 251 g/mol. The summed E-state index contributed by atoms with van der Waals surface area (Å²) in [6.07, 6.45) is 0. The van der Waals surface area contributed by atoms with Crippen molar-refractivity contribution in [3.05, 3.63) is 35.3 Å². The van der Waals surface area contributed by atoms with Crippen LogP contribution in [0.1, 0.15) is 23.0 Å². The fraction of sp³-hybridized carbons (Fsp3) is 0.308. The van der Waals surface area contributed by atoms with Crippen molar-refractivity contribution in [3.63, 3.8) is 0 Å².